The number of pyridine rings is 1. The Morgan fingerprint density at radius 1 is 1.26 bits per heavy atom. The standard InChI is InChI=1S/C13H14F4N2O4S.C2HF3O2/c14-10-2-1-4-18-11(10)23-9-3-5-22-12(6-9)7-19(8-12)24(20,21)13(15,16)17;3-2(4,5)1(6)7/h1-2,4,9H,3,5-8H2;(H,6,7). The molecule has 1 aromatic rings. The van der Waals surface area contributed by atoms with Gasteiger partial charge in [-0.1, -0.05) is 0 Å². The number of rotatable bonds is 3. The number of hydrogen-bond donors (Lipinski definition) is 1. The van der Waals surface area contributed by atoms with Gasteiger partial charge in [0, 0.05) is 32.1 Å². The molecule has 1 N–H and O–H groups in total. The van der Waals surface area contributed by atoms with Crippen LogP contribution in [0.25, 0.3) is 0 Å². The van der Waals surface area contributed by atoms with E-state index in [2.05, 4.69) is 4.98 Å². The highest BCUT2D eigenvalue weighted by molar-refractivity contribution is 7.90. The summed E-state index contributed by atoms with van der Waals surface area (Å²) in [5, 5.41) is 7.12. The molecule has 0 amide bonds. The summed E-state index contributed by atoms with van der Waals surface area (Å²) >= 11 is 0. The van der Waals surface area contributed by atoms with Gasteiger partial charge in [-0.2, -0.15) is 30.6 Å². The van der Waals surface area contributed by atoms with Crippen molar-refractivity contribution in [2.24, 2.45) is 0 Å². The van der Waals surface area contributed by atoms with Crippen molar-refractivity contribution in [2.45, 2.75) is 36.2 Å². The quantitative estimate of drug-likeness (QED) is 0.657. The first-order chi connectivity index (χ1) is 14.1. The Balaban J connectivity index is 0.000000423. The lowest BCUT2D eigenvalue weighted by Gasteiger charge is -2.51. The van der Waals surface area contributed by atoms with E-state index in [9.17, 15) is 39.2 Å². The lowest BCUT2D eigenvalue weighted by molar-refractivity contribution is -0.192. The molecule has 176 valence electrons. The van der Waals surface area contributed by atoms with E-state index >= 15 is 0 Å². The average molecular weight is 484 g/mol. The second kappa shape index (κ2) is 8.74. The van der Waals surface area contributed by atoms with Crippen molar-refractivity contribution < 1.29 is 58.5 Å². The lowest BCUT2D eigenvalue weighted by atomic mass is 9.86. The van der Waals surface area contributed by atoms with Crippen LogP contribution in [0.15, 0.2) is 18.3 Å². The maximum Gasteiger partial charge on any atom is 0.511 e. The smallest absolute Gasteiger partial charge is 0.475 e. The molecular formula is C15H15F7N2O6S. The number of carbonyl (C=O) groups is 1. The first-order valence-corrected chi connectivity index (χ1v) is 9.79. The largest absolute Gasteiger partial charge is 0.511 e. The molecule has 16 heteroatoms. The summed E-state index contributed by atoms with van der Waals surface area (Å²) in [4.78, 5) is 12.7. The molecule has 0 aromatic carbocycles. The molecule has 0 radical (unpaired) electrons. The van der Waals surface area contributed by atoms with Crippen LogP contribution in [0.4, 0.5) is 30.7 Å². The Bertz CT molecular complexity index is 900. The van der Waals surface area contributed by atoms with Crippen molar-refractivity contribution in [1.29, 1.82) is 0 Å². The monoisotopic (exact) mass is 484 g/mol. The number of sulfonamides is 1. The summed E-state index contributed by atoms with van der Waals surface area (Å²) in [6.07, 6.45) is -3.68. The average Bonchev–Trinajstić information content (AvgIpc) is 2.60. The third kappa shape index (κ3) is 5.94. The summed E-state index contributed by atoms with van der Waals surface area (Å²) in [6, 6.07) is 2.58. The summed E-state index contributed by atoms with van der Waals surface area (Å²) in [5.74, 6) is -3.60. The predicted molar refractivity (Wildman–Crippen MR) is 86.8 cm³/mol. The van der Waals surface area contributed by atoms with E-state index in [1.807, 2.05) is 0 Å². The zero-order valence-corrected chi connectivity index (χ0v) is 16.1. The van der Waals surface area contributed by atoms with E-state index in [0.717, 1.165) is 0 Å². The molecule has 0 aliphatic carbocycles. The van der Waals surface area contributed by atoms with E-state index in [0.29, 0.717) is 10.7 Å². The van der Waals surface area contributed by atoms with Crippen molar-refractivity contribution in [3.05, 3.63) is 24.1 Å². The lowest BCUT2D eigenvalue weighted by Crippen LogP contribution is -2.68. The zero-order valence-electron chi connectivity index (χ0n) is 15.3. The molecule has 2 fully saturated rings. The summed E-state index contributed by atoms with van der Waals surface area (Å²) < 4.78 is 117. The van der Waals surface area contributed by atoms with Crippen LogP contribution in [0.1, 0.15) is 12.8 Å². The Hall–Kier alpha value is -2.20. The Morgan fingerprint density at radius 2 is 1.84 bits per heavy atom. The van der Waals surface area contributed by atoms with E-state index in [4.69, 9.17) is 19.4 Å². The minimum atomic E-state index is -5.36. The number of aliphatic carboxylic acids is 1. The van der Waals surface area contributed by atoms with Gasteiger partial charge in [0.2, 0.25) is 0 Å². The van der Waals surface area contributed by atoms with Crippen molar-refractivity contribution in [1.82, 2.24) is 9.29 Å². The maximum atomic E-state index is 13.6. The molecule has 31 heavy (non-hydrogen) atoms. The maximum absolute atomic E-state index is 13.6. The van der Waals surface area contributed by atoms with Gasteiger partial charge in [-0.15, -0.1) is 0 Å². The van der Waals surface area contributed by atoms with Crippen LogP contribution in [0.2, 0.25) is 0 Å². The third-order valence-electron chi connectivity index (χ3n) is 4.25. The molecule has 2 saturated heterocycles. The van der Waals surface area contributed by atoms with Crippen LogP contribution in [-0.4, -0.2) is 71.9 Å². The fraction of sp³-hybridized carbons (Fsp3) is 0.600. The van der Waals surface area contributed by atoms with Crippen molar-refractivity contribution in [3.63, 3.8) is 0 Å². The van der Waals surface area contributed by atoms with Gasteiger partial charge in [0.25, 0.3) is 5.88 Å². The second-order valence-electron chi connectivity index (χ2n) is 6.58. The van der Waals surface area contributed by atoms with Gasteiger partial charge < -0.3 is 14.6 Å². The van der Waals surface area contributed by atoms with Gasteiger partial charge in [-0.3, -0.25) is 0 Å². The highest BCUT2D eigenvalue weighted by Gasteiger charge is 2.59. The van der Waals surface area contributed by atoms with Gasteiger partial charge in [-0.25, -0.2) is 22.6 Å². The molecule has 1 unspecified atom stereocenters. The van der Waals surface area contributed by atoms with Crippen LogP contribution < -0.4 is 4.74 Å². The van der Waals surface area contributed by atoms with Gasteiger partial charge in [0.15, 0.2) is 5.82 Å². The molecule has 1 atom stereocenters. The number of halogens is 7. The third-order valence-corrected chi connectivity index (χ3v) is 5.78. The summed E-state index contributed by atoms with van der Waals surface area (Å²) in [7, 11) is -5.36. The number of aromatic nitrogens is 1. The summed E-state index contributed by atoms with van der Waals surface area (Å²) in [6.45, 7) is -0.627. The molecule has 2 aliphatic heterocycles. The van der Waals surface area contributed by atoms with Crippen molar-refractivity contribution >= 4 is 16.0 Å². The molecule has 1 spiro atoms. The van der Waals surface area contributed by atoms with Crippen molar-refractivity contribution in [3.8, 4) is 5.88 Å². The van der Waals surface area contributed by atoms with E-state index in [-0.39, 0.29) is 18.9 Å². The number of nitrogens with zero attached hydrogens (tertiary/aromatic N) is 2. The number of alkyl halides is 6. The van der Waals surface area contributed by atoms with E-state index in [1.165, 1.54) is 18.3 Å². The Morgan fingerprint density at radius 3 is 2.32 bits per heavy atom. The second-order valence-corrected chi connectivity index (χ2v) is 8.51. The number of carboxylic acids is 1. The molecular weight excluding hydrogens is 469 g/mol. The highest BCUT2D eigenvalue weighted by atomic mass is 32.2. The fourth-order valence-corrected chi connectivity index (χ4v) is 3.94. The minimum Gasteiger partial charge on any atom is -0.475 e. The summed E-state index contributed by atoms with van der Waals surface area (Å²) in [5.41, 5.74) is -6.37. The zero-order chi connectivity index (χ0) is 23.7. The molecule has 3 heterocycles. The van der Waals surface area contributed by atoms with Gasteiger partial charge in [-0.05, 0) is 12.1 Å². The van der Waals surface area contributed by atoms with Crippen LogP contribution in [-0.2, 0) is 19.6 Å². The minimum absolute atomic E-state index is 0.160. The Labute approximate surface area is 170 Å². The van der Waals surface area contributed by atoms with Crippen LogP contribution in [0.5, 0.6) is 5.88 Å². The number of ether oxygens (including phenoxy) is 2. The molecule has 3 rings (SSSR count). The Kier molecular flexibility index (Phi) is 7.07. The van der Waals surface area contributed by atoms with Crippen LogP contribution >= 0.6 is 0 Å². The molecule has 1 aromatic heterocycles. The molecule has 2 aliphatic rings. The topological polar surface area (TPSA) is 106 Å². The van der Waals surface area contributed by atoms with Gasteiger partial charge >= 0.3 is 27.7 Å². The van der Waals surface area contributed by atoms with Crippen LogP contribution in [0, 0.1) is 5.82 Å². The van der Waals surface area contributed by atoms with Gasteiger partial charge in [0.1, 0.15) is 6.10 Å². The molecule has 0 bridgehead atoms. The van der Waals surface area contributed by atoms with E-state index in [1.54, 1.807) is 0 Å². The normalized spacial score (nSPS) is 21.6. The number of carboxylic acid groups (broad SMARTS) is 1. The van der Waals surface area contributed by atoms with Crippen LogP contribution in [0.3, 0.4) is 0 Å². The fourth-order valence-electron chi connectivity index (χ4n) is 2.83. The highest BCUT2D eigenvalue weighted by Crippen LogP contribution is 2.40. The SMILES string of the molecule is O=C(O)C(F)(F)F.O=S(=O)(N1CC2(CC(Oc3ncccc3F)CCO2)C1)C(F)(F)F. The predicted octanol–water partition coefficient (Wildman–Crippen LogP) is 2.32. The number of hydrogen-bond acceptors (Lipinski definition) is 6. The van der Waals surface area contributed by atoms with E-state index < -0.39 is 58.3 Å². The molecule has 8 nitrogen and oxygen atoms in total. The van der Waals surface area contributed by atoms with Crippen molar-refractivity contribution in [2.75, 3.05) is 19.7 Å². The molecule has 0 saturated carbocycles. The first-order valence-electron chi connectivity index (χ1n) is 8.35. The first kappa shape index (κ1) is 25.1. The van der Waals surface area contributed by atoms with Gasteiger partial charge in [0.05, 0.1) is 12.2 Å².